The van der Waals surface area contributed by atoms with Gasteiger partial charge in [-0.15, -0.1) is 0 Å². The van der Waals surface area contributed by atoms with Gasteiger partial charge < -0.3 is 9.84 Å². The molecule has 0 unspecified atom stereocenters. The van der Waals surface area contributed by atoms with Gasteiger partial charge in [-0.05, 0) is 36.4 Å². The second-order valence-electron chi connectivity index (χ2n) is 5.63. The zero-order valence-corrected chi connectivity index (χ0v) is 15.5. The molecule has 0 bridgehead atoms. The van der Waals surface area contributed by atoms with Crippen LogP contribution in [0.3, 0.4) is 0 Å². The molecule has 0 fully saturated rings. The fourth-order valence-corrected chi connectivity index (χ4v) is 2.86. The number of carbonyl (C=O) groups excluding carboxylic acids is 1. The van der Waals surface area contributed by atoms with Crippen molar-refractivity contribution < 1.29 is 14.6 Å². The third-order valence-corrected chi connectivity index (χ3v) is 4.62. The van der Waals surface area contributed by atoms with Crippen LogP contribution in [0, 0.1) is 0 Å². The van der Waals surface area contributed by atoms with E-state index in [0.717, 1.165) is 15.6 Å². The van der Waals surface area contributed by atoms with Gasteiger partial charge in [0.05, 0.1) is 5.56 Å². The van der Waals surface area contributed by atoms with Gasteiger partial charge in [-0.25, -0.2) is 0 Å². The Balaban J connectivity index is 1.76. The van der Waals surface area contributed by atoms with Gasteiger partial charge in [0.15, 0.2) is 5.78 Å². The van der Waals surface area contributed by atoms with E-state index in [4.69, 9.17) is 4.74 Å². The molecule has 0 heterocycles. The van der Waals surface area contributed by atoms with Crippen molar-refractivity contribution in [3.8, 4) is 11.5 Å². The summed E-state index contributed by atoms with van der Waals surface area (Å²) in [5, 5.41) is 9.79. The monoisotopic (exact) mass is 408 g/mol. The van der Waals surface area contributed by atoms with E-state index in [9.17, 15) is 9.90 Å². The largest absolute Gasteiger partial charge is 0.507 e. The van der Waals surface area contributed by atoms with Gasteiger partial charge in [0, 0.05) is 15.6 Å². The number of aromatic hydroxyl groups is 1. The minimum absolute atomic E-state index is 0.0272. The van der Waals surface area contributed by atoms with Crippen LogP contribution >= 0.6 is 15.9 Å². The highest BCUT2D eigenvalue weighted by Gasteiger charge is 2.08. The molecule has 3 aromatic carbocycles. The molecule has 3 rings (SSSR count). The molecule has 130 valence electrons. The average Bonchev–Trinajstić information content (AvgIpc) is 2.66. The smallest absolute Gasteiger partial charge is 0.189 e. The Morgan fingerprint density at radius 1 is 0.962 bits per heavy atom. The maximum atomic E-state index is 12.3. The molecule has 0 spiro atoms. The molecule has 0 saturated heterocycles. The van der Waals surface area contributed by atoms with E-state index in [0.29, 0.717) is 12.4 Å². The summed E-state index contributed by atoms with van der Waals surface area (Å²) in [6.45, 7) is 0.416. The van der Waals surface area contributed by atoms with Crippen molar-refractivity contribution in [3.05, 3.63) is 100 Å². The van der Waals surface area contributed by atoms with Gasteiger partial charge in [-0.2, -0.15) is 0 Å². The number of phenolic OH excluding ortho intramolecular Hbond substituents is 1. The Morgan fingerprint density at radius 3 is 2.46 bits per heavy atom. The minimum atomic E-state index is -0.260. The summed E-state index contributed by atoms with van der Waals surface area (Å²) in [5.74, 6) is 0.397. The van der Waals surface area contributed by atoms with Crippen molar-refractivity contribution in [3.63, 3.8) is 0 Å². The molecule has 3 aromatic rings. The number of rotatable bonds is 6. The average molecular weight is 409 g/mol. The number of ether oxygens (including phenoxy) is 1. The van der Waals surface area contributed by atoms with Crippen molar-refractivity contribution in [2.75, 3.05) is 0 Å². The van der Waals surface area contributed by atoms with Crippen molar-refractivity contribution in [2.24, 2.45) is 0 Å². The molecule has 4 heteroatoms. The number of hydrogen-bond donors (Lipinski definition) is 1. The second kappa shape index (κ2) is 8.50. The lowest BCUT2D eigenvalue weighted by atomic mass is 10.1. The molecule has 3 nitrogen and oxygen atoms in total. The molecule has 0 aliphatic carbocycles. The third kappa shape index (κ3) is 4.41. The fraction of sp³-hybridized carbons (Fsp3) is 0.0455. The predicted octanol–water partition coefficient (Wildman–Crippen LogP) is 5.63. The van der Waals surface area contributed by atoms with Crippen LogP contribution in [-0.4, -0.2) is 10.9 Å². The van der Waals surface area contributed by atoms with Gasteiger partial charge in [0.2, 0.25) is 0 Å². The molecule has 0 aromatic heterocycles. The van der Waals surface area contributed by atoms with E-state index >= 15 is 0 Å². The summed E-state index contributed by atoms with van der Waals surface area (Å²) < 4.78 is 6.91. The van der Waals surface area contributed by atoms with Crippen LogP contribution in [0.5, 0.6) is 11.5 Å². The Bertz CT molecular complexity index is 947. The number of allylic oxidation sites excluding steroid dienone is 1. The first kappa shape index (κ1) is 18.0. The van der Waals surface area contributed by atoms with Crippen molar-refractivity contribution in [2.45, 2.75) is 6.61 Å². The van der Waals surface area contributed by atoms with E-state index in [1.165, 1.54) is 12.1 Å². The predicted molar refractivity (Wildman–Crippen MR) is 106 cm³/mol. The summed E-state index contributed by atoms with van der Waals surface area (Å²) >= 11 is 3.51. The summed E-state index contributed by atoms with van der Waals surface area (Å²) in [4.78, 5) is 12.3. The third-order valence-electron chi connectivity index (χ3n) is 3.84. The molecule has 0 saturated carbocycles. The summed E-state index contributed by atoms with van der Waals surface area (Å²) in [5.41, 5.74) is 2.11. The molecule has 0 aliphatic rings. The second-order valence-corrected chi connectivity index (χ2v) is 6.49. The van der Waals surface area contributed by atoms with E-state index in [1.54, 1.807) is 24.3 Å². The van der Waals surface area contributed by atoms with Crippen LogP contribution in [0.4, 0.5) is 0 Å². The number of ketones is 1. The highest BCUT2D eigenvalue weighted by atomic mass is 79.9. The number of hydrogen-bond acceptors (Lipinski definition) is 3. The van der Waals surface area contributed by atoms with Crippen molar-refractivity contribution >= 4 is 27.8 Å². The van der Waals surface area contributed by atoms with Gasteiger partial charge in [0.1, 0.15) is 18.1 Å². The lowest BCUT2D eigenvalue weighted by Crippen LogP contribution is -1.98. The van der Waals surface area contributed by atoms with E-state index in [-0.39, 0.29) is 17.1 Å². The zero-order valence-electron chi connectivity index (χ0n) is 13.9. The van der Waals surface area contributed by atoms with Crippen LogP contribution in [0.15, 0.2) is 83.3 Å². The molecule has 26 heavy (non-hydrogen) atoms. The van der Waals surface area contributed by atoms with Gasteiger partial charge >= 0.3 is 0 Å². The highest BCUT2D eigenvalue weighted by Crippen LogP contribution is 2.24. The Labute approximate surface area is 160 Å². The van der Waals surface area contributed by atoms with Crippen LogP contribution < -0.4 is 4.74 Å². The lowest BCUT2D eigenvalue weighted by molar-refractivity contribution is 0.104. The fourth-order valence-electron chi connectivity index (χ4n) is 2.46. The Kier molecular flexibility index (Phi) is 5.87. The van der Waals surface area contributed by atoms with Gasteiger partial charge in [0.25, 0.3) is 0 Å². The van der Waals surface area contributed by atoms with Crippen LogP contribution in [-0.2, 0) is 6.61 Å². The first-order valence-electron chi connectivity index (χ1n) is 8.11. The Hall–Kier alpha value is -2.85. The van der Waals surface area contributed by atoms with Crippen molar-refractivity contribution in [1.29, 1.82) is 0 Å². The van der Waals surface area contributed by atoms with E-state index < -0.39 is 0 Å². The number of benzene rings is 3. The molecule has 0 aliphatic heterocycles. The topological polar surface area (TPSA) is 46.5 Å². The van der Waals surface area contributed by atoms with Crippen LogP contribution in [0.1, 0.15) is 21.5 Å². The standard InChI is InChI=1S/C22H17BrO3/c23-19-10-4-1-8-17(19)15-26-22-12-6-2-7-16(22)13-14-21(25)18-9-3-5-11-20(18)24/h1-14,24H,15H2/b14-13+. The minimum Gasteiger partial charge on any atom is -0.507 e. The summed E-state index contributed by atoms with van der Waals surface area (Å²) in [7, 11) is 0. The molecule has 0 amide bonds. The molecular weight excluding hydrogens is 392 g/mol. The zero-order chi connectivity index (χ0) is 18.4. The first-order valence-corrected chi connectivity index (χ1v) is 8.90. The van der Waals surface area contributed by atoms with Crippen LogP contribution in [0.2, 0.25) is 0 Å². The normalized spacial score (nSPS) is 10.8. The number of carbonyl (C=O) groups is 1. The van der Waals surface area contributed by atoms with E-state index in [1.807, 2.05) is 48.5 Å². The molecule has 0 atom stereocenters. The maximum absolute atomic E-state index is 12.3. The quantitative estimate of drug-likeness (QED) is 0.424. The highest BCUT2D eigenvalue weighted by molar-refractivity contribution is 9.10. The summed E-state index contributed by atoms with van der Waals surface area (Å²) in [6.07, 6.45) is 3.14. The first-order chi connectivity index (χ1) is 12.6. The number of halogens is 1. The molecule has 0 radical (unpaired) electrons. The van der Waals surface area contributed by atoms with E-state index in [2.05, 4.69) is 15.9 Å². The molecule has 1 N–H and O–H groups in total. The SMILES string of the molecule is O=C(/C=C/c1ccccc1OCc1ccccc1Br)c1ccccc1O. The number of para-hydroxylation sites is 2. The van der Waals surface area contributed by atoms with Crippen LogP contribution in [0.25, 0.3) is 6.08 Å². The van der Waals surface area contributed by atoms with Gasteiger partial charge in [-0.3, -0.25) is 4.79 Å². The number of phenols is 1. The van der Waals surface area contributed by atoms with Gasteiger partial charge in [-0.1, -0.05) is 64.5 Å². The maximum Gasteiger partial charge on any atom is 0.189 e. The molecular formula is C22H17BrO3. The van der Waals surface area contributed by atoms with Crippen molar-refractivity contribution in [1.82, 2.24) is 0 Å². The Morgan fingerprint density at radius 2 is 1.65 bits per heavy atom. The lowest BCUT2D eigenvalue weighted by Gasteiger charge is -2.10. The summed E-state index contributed by atoms with van der Waals surface area (Å²) in [6, 6.07) is 21.9.